The molecule has 25 heavy (non-hydrogen) atoms. The highest BCUT2D eigenvalue weighted by atomic mass is 35.5. The third-order valence-corrected chi connectivity index (χ3v) is 4.15. The minimum atomic E-state index is -0.431. The minimum absolute atomic E-state index is 0.147. The fourth-order valence-electron chi connectivity index (χ4n) is 2.18. The Morgan fingerprint density at radius 2 is 1.80 bits per heavy atom. The molecule has 1 amide bonds. The number of hydrogen-bond acceptors (Lipinski definition) is 3. The lowest BCUT2D eigenvalue weighted by Crippen LogP contribution is -2.30. The van der Waals surface area contributed by atoms with Crippen LogP contribution in [-0.2, 0) is 27.2 Å². The largest absolute Gasteiger partial charge is 0.455 e. The van der Waals surface area contributed by atoms with Crippen LogP contribution >= 0.6 is 23.2 Å². The number of amides is 1. The van der Waals surface area contributed by atoms with E-state index in [1.165, 1.54) is 0 Å². The molecule has 2 aromatic carbocycles. The summed E-state index contributed by atoms with van der Waals surface area (Å²) in [7, 11) is 0. The topological polar surface area (TPSA) is 55.4 Å². The summed E-state index contributed by atoms with van der Waals surface area (Å²) in [6.07, 6.45) is 0.715. The number of esters is 1. The van der Waals surface area contributed by atoms with Crippen LogP contribution in [0.3, 0.4) is 0 Å². The van der Waals surface area contributed by atoms with E-state index in [1.807, 2.05) is 37.3 Å². The highest BCUT2D eigenvalue weighted by molar-refractivity contribution is 6.35. The maximum atomic E-state index is 11.7. The van der Waals surface area contributed by atoms with Gasteiger partial charge in [0.15, 0.2) is 6.61 Å². The summed E-state index contributed by atoms with van der Waals surface area (Å²) in [6, 6.07) is 12.8. The molecule has 4 nitrogen and oxygen atoms in total. The first kappa shape index (κ1) is 19.3. The van der Waals surface area contributed by atoms with Crippen molar-refractivity contribution in [1.82, 2.24) is 5.32 Å². The Labute approximate surface area is 157 Å². The molecule has 1 N–H and O–H groups in total. The molecular weight excluding hydrogens is 361 g/mol. The van der Waals surface area contributed by atoms with Crippen LogP contribution < -0.4 is 5.32 Å². The van der Waals surface area contributed by atoms with E-state index in [0.717, 1.165) is 16.7 Å². The van der Waals surface area contributed by atoms with Crippen molar-refractivity contribution in [1.29, 1.82) is 0 Å². The van der Waals surface area contributed by atoms with Gasteiger partial charge in [-0.3, -0.25) is 9.59 Å². The van der Waals surface area contributed by atoms with Crippen molar-refractivity contribution in [3.8, 4) is 0 Å². The maximum Gasteiger partial charge on any atom is 0.310 e. The second-order valence-electron chi connectivity index (χ2n) is 5.66. The Morgan fingerprint density at radius 3 is 2.48 bits per heavy atom. The van der Waals surface area contributed by atoms with Gasteiger partial charge < -0.3 is 10.1 Å². The first-order valence-electron chi connectivity index (χ1n) is 7.86. The summed E-state index contributed by atoms with van der Waals surface area (Å²) in [6.45, 7) is 2.08. The Bertz CT molecular complexity index is 745. The van der Waals surface area contributed by atoms with Gasteiger partial charge in [0.25, 0.3) is 5.91 Å². The zero-order valence-corrected chi connectivity index (χ0v) is 15.4. The van der Waals surface area contributed by atoms with E-state index < -0.39 is 5.97 Å². The average molecular weight is 380 g/mol. The Kier molecular flexibility index (Phi) is 7.29. The molecule has 0 aliphatic heterocycles. The van der Waals surface area contributed by atoms with Gasteiger partial charge in [0, 0.05) is 16.6 Å². The van der Waals surface area contributed by atoms with Gasteiger partial charge in [-0.05, 0) is 36.6 Å². The van der Waals surface area contributed by atoms with Crippen LogP contribution in [-0.4, -0.2) is 25.0 Å². The number of rotatable bonds is 7. The number of carbonyl (C=O) groups is 2. The first-order chi connectivity index (χ1) is 11.9. The van der Waals surface area contributed by atoms with E-state index in [0.29, 0.717) is 23.0 Å². The van der Waals surface area contributed by atoms with Gasteiger partial charge in [0.05, 0.1) is 6.42 Å². The van der Waals surface area contributed by atoms with Crippen molar-refractivity contribution in [2.24, 2.45) is 0 Å². The SMILES string of the molecule is Cc1ccc(CC(=O)OCC(=O)NCCc2ccc(Cl)cc2Cl)cc1. The molecule has 0 saturated carbocycles. The monoisotopic (exact) mass is 379 g/mol. The van der Waals surface area contributed by atoms with E-state index >= 15 is 0 Å². The smallest absolute Gasteiger partial charge is 0.310 e. The summed E-state index contributed by atoms with van der Waals surface area (Å²) >= 11 is 11.9. The molecule has 0 aliphatic rings. The molecule has 0 saturated heterocycles. The molecule has 0 radical (unpaired) electrons. The number of benzene rings is 2. The van der Waals surface area contributed by atoms with E-state index in [9.17, 15) is 9.59 Å². The zero-order chi connectivity index (χ0) is 18.2. The molecule has 0 bridgehead atoms. The lowest BCUT2D eigenvalue weighted by Gasteiger charge is -2.08. The Balaban J connectivity index is 1.68. The molecule has 0 aliphatic carbocycles. The van der Waals surface area contributed by atoms with Gasteiger partial charge in [-0.15, -0.1) is 0 Å². The third-order valence-electron chi connectivity index (χ3n) is 3.56. The second-order valence-corrected chi connectivity index (χ2v) is 6.50. The summed E-state index contributed by atoms with van der Waals surface area (Å²) in [5.41, 5.74) is 2.87. The standard InChI is InChI=1S/C19H19Cl2NO3/c1-13-2-4-14(5-3-13)10-19(24)25-12-18(23)22-9-8-15-6-7-16(20)11-17(15)21/h2-7,11H,8-10,12H2,1H3,(H,22,23). The average Bonchev–Trinajstić information content (AvgIpc) is 2.57. The summed E-state index contributed by atoms with van der Waals surface area (Å²) in [5.74, 6) is -0.776. The number of halogens is 2. The van der Waals surface area contributed by atoms with Crippen LogP contribution in [0.25, 0.3) is 0 Å². The molecule has 2 aromatic rings. The van der Waals surface area contributed by atoms with Crippen molar-refractivity contribution in [3.05, 3.63) is 69.2 Å². The van der Waals surface area contributed by atoms with Crippen LogP contribution in [0.1, 0.15) is 16.7 Å². The van der Waals surface area contributed by atoms with Gasteiger partial charge in [-0.25, -0.2) is 0 Å². The maximum absolute atomic E-state index is 11.7. The van der Waals surface area contributed by atoms with E-state index in [-0.39, 0.29) is 18.9 Å². The quantitative estimate of drug-likeness (QED) is 0.745. The highest BCUT2D eigenvalue weighted by Crippen LogP contribution is 2.21. The number of nitrogens with one attached hydrogen (secondary N) is 1. The van der Waals surface area contributed by atoms with E-state index in [1.54, 1.807) is 12.1 Å². The fraction of sp³-hybridized carbons (Fsp3) is 0.263. The lowest BCUT2D eigenvalue weighted by atomic mass is 10.1. The Hall–Kier alpha value is -2.04. The number of ether oxygens (including phenoxy) is 1. The normalized spacial score (nSPS) is 10.4. The van der Waals surface area contributed by atoms with Crippen LogP contribution in [0.5, 0.6) is 0 Å². The number of carbonyl (C=O) groups excluding carboxylic acids is 2. The van der Waals surface area contributed by atoms with Crippen molar-refractivity contribution in [3.63, 3.8) is 0 Å². The number of aryl methyl sites for hydroxylation is 1. The van der Waals surface area contributed by atoms with Crippen molar-refractivity contribution < 1.29 is 14.3 Å². The third kappa shape index (κ3) is 6.77. The van der Waals surface area contributed by atoms with Gasteiger partial charge in [-0.1, -0.05) is 59.1 Å². The molecule has 0 spiro atoms. The van der Waals surface area contributed by atoms with Crippen molar-refractivity contribution in [2.75, 3.05) is 13.2 Å². The molecule has 6 heteroatoms. The minimum Gasteiger partial charge on any atom is -0.455 e. The summed E-state index contributed by atoms with van der Waals surface area (Å²) < 4.78 is 4.99. The molecule has 0 atom stereocenters. The van der Waals surface area contributed by atoms with Crippen molar-refractivity contribution in [2.45, 2.75) is 19.8 Å². The molecule has 132 valence electrons. The van der Waals surface area contributed by atoms with Gasteiger partial charge >= 0.3 is 5.97 Å². The predicted octanol–water partition coefficient (Wildman–Crippen LogP) is 3.75. The second kappa shape index (κ2) is 9.44. The molecular formula is C19H19Cl2NO3. The number of hydrogen-bond donors (Lipinski definition) is 1. The molecule has 0 fully saturated rings. The molecule has 2 rings (SSSR count). The van der Waals surface area contributed by atoms with Crippen molar-refractivity contribution >= 4 is 35.1 Å². The van der Waals surface area contributed by atoms with Crippen LogP contribution in [0.4, 0.5) is 0 Å². The van der Waals surface area contributed by atoms with E-state index in [2.05, 4.69) is 5.32 Å². The summed E-state index contributed by atoms with van der Waals surface area (Å²) in [4.78, 5) is 23.5. The molecule has 0 heterocycles. The van der Waals surface area contributed by atoms with Gasteiger partial charge in [0.2, 0.25) is 0 Å². The molecule has 0 aromatic heterocycles. The predicted molar refractivity (Wildman–Crippen MR) is 99.0 cm³/mol. The van der Waals surface area contributed by atoms with Gasteiger partial charge in [0.1, 0.15) is 0 Å². The Morgan fingerprint density at radius 1 is 1.08 bits per heavy atom. The van der Waals surface area contributed by atoms with Crippen LogP contribution in [0.2, 0.25) is 10.0 Å². The first-order valence-corrected chi connectivity index (χ1v) is 8.61. The summed E-state index contributed by atoms with van der Waals surface area (Å²) in [5, 5.41) is 3.82. The van der Waals surface area contributed by atoms with Crippen LogP contribution in [0.15, 0.2) is 42.5 Å². The lowest BCUT2D eigenvalue weighted by molar-refractivity contribution is -0.147. The fourth-order valence-corrected chi connectivity index (χ4v) is 2.68. The van der Waals surface area contributed by atoms with Gasteiger partial charge in [-0.2, -0.15) is 0 Å². The molecule has 0 unspecified atom stereocenters. The zero-order valence-electron chi connectivity index (χ0n) is 13.9. The van der Waals surface area contributed by atoms with Crippen LogP contribution in [0, 0.1) is 6.92 Å². The highest BCUT2D eigenvalue weighted by Gasteiger charge is 2.09. The van der Waals surface area contributed by atoms with E-state index in [4.69, 9.17) is 27.9 Å².